The summed E-state index contributed by atoms with van der Waals surface area (Å²) in [5.41, 5.74) is 6.67. The molecule has 0 aliphatic carbocycles. The first-order chi connectivity index (χ1) is 8.63. The second-order valence-corrected chi connectivity index (χ2v) is 4.49. The fourth-order valence-corrected chi connectivity index (χ4v) is 2.40. The minimum Gasteiger partial charge on any atom is -0.383 e. The van der Waals surface area contributed by atoms with Crippen LogP contribution in [-0.4, -0.2) is 10.5 Å². The Labute approximate surface area is 107 Å². The maximum atomic E-state index is 11.1. The monoisotopic (exact) mass is 258 g/mol. The normalized spacial score (nSPS) is 11.2. The number of nitriles is 1. The minimum atomic E-state index is -0.328. The van der Waals surface area contributed by atoms with Gasteiger partial charge in [0.2, 0.25) is 5.91 Å². The Morgan fingerprint density at radius 3 is 2.67 bits per heavy atom. The number of hydrogen-bond acceptors (Lipinski definition) is 4. The molecule has 6 heteroatoms. The van der Waals surface area contributed by atoms with Crippen LogP contribution in [0.3, 0.4) is 0 Å². The van der Waals surface area contributed by atoms with E-state index in [-0.39, 0.29) is 5.91 Å². The van der Waals surface area contributed by atoms with Gasteiger partial charge in [-0.25, -0.2) is 0 Å². The second-order valence-electron chi connectivity index (χ2n) is 3.51. The first-order valence-corrected chi connectivity index (χ1v) is 5.97. The molecule has 2 rings (SSSR count). The number of carbonyl (C=O) groups is 1. The quantitative estimate of drug-likeness (QED) is 0.840. The van der Waals surface area contributed by atoms with E-state index in [2.05, 4.69) is 4.99 Å². The van der Waals surface area contributed by atoms with Crippen molar-refractivity contribution >= 4 is 23.1 Å². The Hall–Kier alpha value is -2.39. The zero-order valence-electron chi connectivity index (χ0n) is 9.62. The van der Waals surface area contributed by atoms with Gasteiger partial charge in [-0.2, -0.15) is 10.3 Å². The number of nitrogens with zero attached hydrogens (tertiary/aromatic N) is 3. The van der Waals surface area contributed by atoms with E-state index in [9.17, 15) is 4.79 Å². The number of nitrogen functional groups attached to an aromatic ring is 1. The molecule has 5 nitrogen and oxygen atoms in total. The number of nitrogens with two attached hydrogens (primary N) is 1. The summed E-state index contributed by atoms with van der Waals surface area (Å²) in [5.74, 6) is -0.0286. The Morgan fingerprint density at radius 2 is 2.11 bits per heavy atom. The third kappa shape index (κ3) is 2.17. The number of benzene rings is 1. The van der Waals surface area contributed by atoms with Gasteiger partial charge in [0.15, 0.2) is 4.80 Å². The molecule has 1 amide bonds. The molecule has 2 N–H and O–H groups in total. The fraction of sp³-hybridized carbons (Fsp3) is 0.0833. The smallest absolute Gasteiger partial charge is 0.245 e. The van der Waals surface area contributed by atoms with Crippen molar-refractivity contribution in [3.05, 3.63) is 40.0 Å². The van der Waals surface area contributed by atoms with E-state index >= 15 is 0 Å². The highest BCUT2D eigenvalue weighted by Gasteiger charge is 2.12. The number of anilines is 1. The highest BCUT2D eigenvalue weighted by Crippen LogP contribution is 2.18. The van der Waals surface area contributed by atoms with Crippen LogP contribution in [0.15, 0.2) is 35.3 Å². The molecule has 0 bridgehead atoms. The lowest BCUT2D eigenvalue weighted by atomic mass is 10.3. The lowest BCUT2D eigenvalue weighted by Crippen LogP contribution is -2.16. The van der Waals surface area contributed by atoms with Gasteiger partial charge in [-0.15, -0.1) is 0 Å². The van der Waals surface area contributed by atoms with E-state index in [1.807, 2.05) is 36.4 Å². The van der Waals surface area contributed by atoms with Gasteiger partial charge in [0.1, 0.15) is 16.8 Å². The molecule has 0 unspecified atom stereocenters. The molecular weight excluding hydrogens is 248 g/mol. The zero-order chi connectivity index (χ0) is 13.1. The number of aromatic nitrogens is 1. The van der Waals surface area contributed by atoms with Crippen molar-refractivity contribution in [1.82, 2.24) is 4.57 Å². The highest BCUT2D eigenvalue weighted by atomic mass is 32.1. The molecule has 1 heterocycles. The van der Waals surface area contributed by atoms with Crippen LogP contribution in [0.1, 0.15) is 11.8 Å². The predicted octanol–water partition coefficient (Wildman–Crippen LogP) is 1.44. The lowest BCUT2D eigenvalue weighted by Gasteiger charge is -2.04. The number of hydrogen-bond donors (Lipinski definition) is 1. The van der Waals surface area contributed by atoms with Gasteiger partial charge in [0, 0.05) is 12.6 Å². The third-order valence-electron chi connectivity index (χ3n) is 2.23. The van der Waals surface area contributed by atoms with E-state index in [4.69, 9.17) is 11.0 Å². The number of rotatable bonds is 1. The highest BCUT2D eigenvalue weighted by molar-refractivity contribution is 7.10. The molecule has 0 aliphatic rings. The molecule has 0 radical (unpaired) electrons. The fourth-order valence-electron chi connectivity index (χ4n) is 1.51. The minimum absolute atomic E-state index is 0.300. The van der Waals surface area contributed by atoms with Crippen LogP contribution in [0, 0.1) is 11.3 Å². The van der Waals surface area contributed by atoms with Crippen molar-refractivity contribution in [2.24, 2.45) is 4.99 Å². The average molecular weight is 258 g/mol. The number of amides is 1. The van der Waals surface area contributed by atoms with Crippen LogP contribution in [-0.2, 0) is 4.79 Å². The lowest BCUT2D eigenvalue weighted by molar-refractivity contribution is -0.116. The van der Waals surface area contributed by atoms with E-state index in [1.165, 1.54) is 6.92 Å². The van der Waals surface area contributed by atoms with Crippen molar-refractivity contribution in [2.75, 3.05) is 5.73 Å². The van der Waals surface area contributed by atoms with E-state index in [1.54, 1.807) is 4.57 Å². The molecular formula is C12H10N4OS. The van der Waals surface area contributed by atoms with Crippen LogP contribution in [0.4, 0.5) is 5.82 Å². The summed E-state index contributed by atoms with van der Waals surface area (Å²) in [6.45, 7) is 1.36. The molecule has 18 heavy (non-hydrogen) atoms. The summed E-state index contributed by atoms with van der Waals surface area (Å²) in [6.07, 6.45) is 0. The van der Waals surface area contributed by atoms with Crippen molar-refractivity contribution in [3.8, 4) is 11.8 Å². The molecule has 2 aromatic rings. The van der Waals surface area contributed by atoms with Gasteiger partial charge < -0.3 is 5.73 Å². The molecule has 0 saturated carbocycles. The number of carbonyl (C=O) groups excluding carboxylic acids is 1. The van der Waals surface area contributed by atoms with Crippen molar-refractivity contribution in [2.45, 2.75) is 6.92 Å². The molecule has 1 aromatic heterocycles. The van der Waals surface area contributed by atoms with Gasteiger partial charge in [-0.1, -0.05) is 29.5 Å². The van der Waals surface area contributed by atoms with Gasteiger partial charge in [-0.3, -0.25) is 9.36 Å². The van der Waals surface area contributed by atoms with Crippen LogP contribution in [0.5, 0.6) is 0 Å². The van der Waals surface area contributed by atoms with Crippen molar-refractivity contribution < 1.29 is 4.79 Å². The molecule has 0 aliphatic heterocycles. The number of para-hydroxylation sites is 1. The Kier molecular flexibility index (Phi) is 3.26. The molecule has 0 saturated heterocycles. The topological polar surface area (TPSA) is 84.2 Å². The largest absolute Gasteiger partial charge is 0.383 e. The van der Waals surface area contributed by atoms with E-state index < -0.39 is 0 Å². The summed E-state index contributed by atoms with van der Waals surface area (Å²) in [6, 6.07) is 11.2. The Morgan fingerprint density at radius 1 is 1.44 bits per heavy atom. The van der Waals surface area contributed by atoms with Gasteiger partial charge in [0.25, 0.3) is 0 Å². The van der Waals surface area contributed by atoms with Gasteiger partial charge in [-0.05, 0) is 12.1 Å². The van der Waals surface area contributed by atoms with Gasteiger partial charge >= 0.3 is 0 Å². The summed E-state index contributed by atoms with van der Waals surface area (Å²) in [7, 11) is 0. The van der Waals surface area contributed by atoms with Crippen LogP contribution < -0.4 is 10.5 Å². The van der Waals surface area contributed by atoms with E-state index in [0.29, 0.717) is 15.5 Å². The maximum absolute atomic E-state index is 11.1. The Bertz CT molecular complexity index is 691. The first-order valence-electron chi connectivity index (χ1n) is 5.15. The maximum Gasteiger partial charge on any atom is 0.245 e. The SMILES string of the molecule is CC(=O)N=c1sc(C#N)c(N)n1-c1ccccc1. The van der Waals surface area contributed by atoms with Crippen molar-refractivity contribution in [3.63, 3.8) is 0 Å². The van der Waals surface area contributed by atoms with Crippen molar-refractivity contribution in [1.29, 1.82) is 5.26 Å². The summed E-state index contributed by atoms with van der Waals surface area (Å²) in [5, 5.41) is 8.98. The van der Waals surface area contributed by atoms with E-state index in [0.717, 1.165) is 17.0 Å². The molecule has 0 spiro atoms. The van der Waals surface area contributed by atoms with Crippen LogP contribution in [0.25, 0.3) is 5.69 Å². The summed E-state index contributed by atoms with van der Waals surface area (Å²) < 4.78 is 1.60. The zero-order valence-corrected chi connectivity index (χ0v) is 10.4. The number of thiazole rings is 1. The van der Waals surface area contributed by atoms with Crippen LogP contribution in [0.2, 0.25) is 0 Å². The molecule has 1 aromatic carbocycles. The molecule has 0 fully saturated rings. The predicted molar refractivity (Wildman–Crippen MR) is 69.0 cm³/mol. The van der Waals surface area contributed by atoms with Crippen LogP contribution >= 0.6 is 11.3 Å². The standard InChI is InChI=1S/C12H10N4OS/c1-8(17)15-12-16(9-5-3-2-4-6-9)11(14)10(7-13)18-12/h2-6H,14H2,1H3. The molecule has 90 valence electrons. The third-order valence-corrected chi connectivity index (χ3v) is 3.19. The first kappa shape index (κ1) is 12.1. The second kappa shape index (κ2) is 4.85. The average Bonchev–Trinajstić information content (AvgIpc) is 2.66. The summed E-state index contributed by atoms with van der Waals surface area (Å²) >= 11 is 1.10. The Balaban J connectivity index is 2.78. The summed E-state index contributed by atoms with van der Waals surface area (Å²) in [4.78, 5) is 15.7. The van der Waals surface area contributed by atoms with Gasteiger partial charge in [0.05, 0.1) is 0 Å². The molecule has 0 atom stereocenters.